The normalized spacial score (nSPS) is 14.7. The fourth-order valence-electron chi connectivity index (χ4n) is 10.0. The van der Waals surface area contributed by atoms with Gasteiger partial charge in [0, 0.05) is 46.1 Å². The molecule has 3 heterocycles. The first-order valence-electron chi connectivity index (χ1n) is 21.4. The van der Waals surface area contributed by atoms with E-state index in [-0.39, 0.29) is 11.8 Å². The molecule has 3 aliphatic rings. The van der Waals surface area contributed by atoms with Gasteiger partial charge in [0.05, 0.1) is 5.56 Å². The SMILES string of the molecule is c1ccc(-c2ccc(-c3nc(-c4ccc5c(c4)C4c6ccccc6C5c5cc(-c6ccc(-c7cccnc7)cc6)ccc54)nc(-c4cccc5c4oc4ccccc45)n3)cc2)cc1. The largest absolute Gasteiger partial charge is 0.455 e. The van der Waals surface area contributed by atoms with Crippen LogP contribution in [-0.4, -0.2) is 19.9 Å². The first-order chi connectivity index (χ1) is 31.2. The lowest BCUT2D eigenvalue weighted by atomic mass is 9.60. The predicted octanol–water partition coefficient (Wildman–Crippen LogP) is 14.2. The monoisotopic (exact) mass is 804 g/mol. The second kappa shape index (κ2) is 14.2. The molecule has 2 atom stereocenters. The third-order valence-electron chi connectivity index (χ3n) is 13.0. The number of fused-ring (bicyclic) bond motifs is 3. The minimum Gasteiger partial charge on any atom is -0.455 e. The van der Waals surface area contributed by atoms with Crippen molar-refractivity contribution in [1.29, 1.82) is 0 Å². The van der Waals surface area contributed by atoms with E-state index < -0.39 is 0 Å². The molecule has 2 unspecified atom stereocenters. The molecule has 0 aliphatic heterocycles. The van der Waals surface area contributed by atoms with Gasteiger partial charge in [0.1, 0.15) is 11.2 Å². The Kier molecular flexibility index (Phi) is 7.97. The topological polar surface area (TPSA) is 64.7 Å². The number of rotatable bonds is 6. The molecule has 0 saturated heterocycles. The molecule has 2 bridgehead atoms. The average Bonchev–Trinajstić information content (AvgIpc) is 3.75. The number of pyridine rings is 1. The molecule has 294 valence electrons. The van der Waals surface area contributed by atoms with Crippen molar-refractivity contribution in [3.05, 3.63) is 240 Å². The Labute approximate surface area is 364 Å². The number of nitrogens with zero attached hydrogens (tertiary/aromatic N) is 4. The van der Waals surface area contributed by atoms with E-state index in [1.165, 1.54) is 44.5 Å². The zero-order valence-corrected chi connectivity index (χ0v) is 34.0. The summed E-state index contributed by atoms with van der Waals surface area (Å²) in [5.74, 6) is 1.99. The smallest absolute Gasteiger partial charge is 0.167 e. The summed E-state index contributed by atoms with van der Waals surface area (Å²) in [6, 6.07) is 69.1. The molecule has 8 aromatic carbocycles. The molecular formula is C58H36N4O. The number of hydrogen-bond acceptors (Lipinski definition) is 5. The maximum atomic E-state index is 6.53. The minimum atomic E-state index is 0.0776. The zero-order valence-electron chi connectivity index (χ0n) is 34.0. The standard InChI is InChI=1S/C58H36N4O/c1-2-10-35(11-3-1)36-23-25-39(26-24-36)56-60-57(62-58(61-56)49-17-8-16-48-43-13-6-7-18-52(43)63-55(48)49)41-28-30-47-51(33-41)54-45-15-5-4-14-44(45)53(47)50-32-40(27-29-46(50)54)37-19-21-38(22-20-37)42-12-9-31-59-34-42/h1-34,53-54H. The third kappa shape index (κ3) is 5.78. The van der Waals surface area contributed by atoms with Gasteiger partial charge in [0.25, 0.3) is 0 Å². The van der Waals surface area contributed by atoms with Crippen LogP contribution >= 0.6 is 0 Å². The molecule has 0 radical (unpaired) electrons. The molecular weight excluding hydrogens is 769 g/mol. The third-order valence-corrected chi connectivity index (χ3v) is 13.0. The van der Waals surface area contributed by atoms with E-state index in [9.17, 15) is 0 Å². The van der Waals surface area contributed by atoms with Crippen molar-refractivity contribution < 1.29 is 4.42 Å². The van der Waals surface area contributed by atoms with Crippen LogP contribution in [0, 0.1) is 0 Å². The summed E-state index contributed by atoms with van der Waals surface area (Å²) in [5.41, 5.74) is 19.4. The van der Waals surface area contributed by atoms with E-state index in [4.69, 9.17) is 19.4 Å². The fourth-order valence-corrected chi connectivity index (χ4v) is 10.0. The Morgan fingerprint density at radius 2 is 0.841 bits per heavy atom. The van der Waals surface area contributed by atoms with Crippen molar-refractivity contribution in [2.45, 2.75) is 11.8 Å². The lowest BCUT2D eigenvalue weighted by molar-refractivity contribution is 0.669. The van der Waals surface area contributed by atoms with Gasteiger partial charge < -0.3 is 4.42 Å². The second-order valence-corrected chi connectivity index (χ2v) is 16.5. The molecule has 0 saturated carbocycles. The van der Waals surface area contributed by atoms with Crippen molar-refractivity contribution in [1.82, 2.24) is 19.9 Å². The summed E-state index contributed by atoms with van der Waals surface area (Å²) >= 11 is 0. The molecule has 3 aromatic heterocycles. The van der Waals surface area contributed by atoms with Crippen molar-refractivity contribution in [2.75, 3.05) is 0 Å². The Morgan fingerprint density at radius 3 is 1.56 bits per heavy atom. The van der Waals surface area contributed by atoms with Crippen LogP contribution in [0.3, 0.4) is 0 Å². The van der Waals surface area contributed by atoms with Gasteiger partial charge in [-0.3, -0.25) is 4.98 Å². The number of benzene rings is 8. The first-order valence-corrected chi connectivity index (χ1v) is 21.4. The quantitative estimate of drug-likeness (QED) is 0.167. The zero-order chi connectivity index (χ0) is 41.4. The molecule has 5 heteroatoms. The highest BCUT2D eigenvalue weighted by Crippen LogP contribution is 2.56. The van der Waals surface area contributed by atoms with Crippen molar-refractivity contribution in [2.24, 2.45) is 0 Å². The highest BCUT2D eigenvalue weighted by atomic mass is 16.3. The van der Waals surface area contributed by atoms with Gasteiger partial charge >= 0.3 is 0 Å². The molecule has 14 rings (SSSR count). The highest BCUT2D eigenvalue weighted by molar-refractivity contribution is 6.09. The summed E-state index contributed by atoms with van der Waals surface area (Å²) < 4.78 is 6.53. The first kappa shape index (κ1) is 35.5. The van der Waals surface area contributed by atoms with E-state index in [1.54, 1.807) is 0 Å². The molecule has 11 aromatic rings. The molecule has 63 heavy (non-hydrogen) atoms. The molecule has 0 amide bonds. The Bertz CT molecular complexity index is 3560. The van der Waals surface area contributed by atoms with Gasteiger partial charge in [0.2, 0.25) is 0 Å². The van der Waals surface area contributed by atoms with Crippen molar-refractivity contribution >= 4 is 21.9 Å². The van der Waals surface area contributed by atoms with Gasteiger partial charge in [-0.15, -0.1) is 0 Å². The molecule has 5 nitrogen and oxygen atoms in total. The predicted molar refractivity (Wildman–Crippen MR) is 252 cm³/mol. The maximum absolute atomic E-state index is 6.53. The van der Waals surface area contributed by atoms with Gasteiger partial charge in [-0.05, 0) is 97.1 Å². The second-order valence-electron chi connectivity index (χ2n) is 16.5. The Morgan fingerprint density at radius 1 is 0.333 bits per heavy atom. The van der Waals surface area contributed by atoms with Crippen LogP contribution in [-0.2, 0) is 0 Å². The van der Waals surface area contributed by atoms with Crippen LogP contribution in [0.2, 0.25) is 0 Å². The fraction of sp³-hybridized carbons (Fsp3) is 0.0345. The summed E-state index contributed by atoms with van der Waals surface area (Å²) in [5, 5.41) is 2.10. The molecule has 0 spiro atoms. The van der Waals surface area contributed by atoms with Gasteiger partial charge in [-0.1, -0.05) is 164 Å². The number of hydrogen-bond donors (Lipinski definition) is 0. The summed E-state index contributed by atoms with van der Waals surface area (Å²) in [6.07, 6.45) is 3.73. The lowest BCUT2D eigenvalue weighted by Gasteiger charge is -2.42. The van der Waals surface area contributed by atoms with E-state index in [0.717, 1.165) is 60.9 Å². The Hall–Kier alpha value is -8.28. The maximum Gasteiger partial charge on any atom is 0.167 e. The van der Waals surface area contributed by atoms with E-state index >= 15 is 0 Å². The molecule has 0 fully saturated rings. The van der Waals surface area contributed by atoms with Gasteiger partial charge in [0.15, 0.2) is 17.5 Å². The summed E-state index contributed by atoms with van der Waals surface area (Å²) in [4.78, 5) is 20.0. The number of aromatic nitrogens is 4. The Balaban J connectivity index is 0.936. The van der Waals surface area contributed by atoms with Crippen LogP contribution in [0.1, 0.15) is 45.2 Å². The molecule has 3 aliphatic carbocycles. The van der Waals surface area contributed by atoms with Crippen molar-refractivity contribution in [3.63, 3.8) is 0 Å². The minimum absolute atomic E-state index is 0.0776. The highest BCUT2D eigenvalue weighted by Gasteiger charge is 2.41. The van der Waals surface area contributed by atoms with Crippen LogP contribution in [0.25, 0.3) is 89.5 Å². The molecule has 0 N–H and O–H groups in total. The van der Waals surface area contributed by atoms with Gasteiger partial charge in [-0.2, -0.15) is 0 Å². The van der Waals surface area contributed by atoms with Crippen LogP contribution in [0.4, 0.5) is 0 Å². The van der Waals surface area contributed by atoms with Crippen molar-refractivity contribution in [3.8, 4) is 67.5 Å². The summed E-state index contributed by atoms with van der Waals surface area (Å²) in [7, 11) is 0. The van der Waals surface area contributed by atoms with E-state index in [1.807, 2.05) is 42.7 Å². The van der Waals surface area contributed by atoms with E-state index in [0.29, 0.717) is 17.5 Å². The van der Waals surface area contributed by atoms with Crippen LogP contribution in [0.15, 0.2) is 211 Å². The van der Waals surface area contributed by atoms with Crippen LogP contribution in [0.5, 0.6) is 0 Å². The summed E-state index contributed by atoms with van der Waals surface area (Å²) in [6.45, 7) is 0. The lowest BCUT2D eigenvalue weighted by Crippen LogP contribution is -2.27. The average molecular weight is 805 g/mol. The van der Waals surface area contributed by atoms with Gasteiger partial charge in [-0.25, -0.2) is 15.0 Å². The number of para-hydroxylation sites is 2. The van der Waals surface area contributed by atoms with E-state index in [2.05, 4.69) is 169 Å². The van der Waals surface area contributed by atoms with Crippen LogP contribution < -0.4 is 0 Å². The number of furan rings is 1.